The lowest BCUT2D eigenvalue weighted by Crippen LogP contribution is -2.51. The summed E-state index contributed by atoms with van der Waals surface area (Å²) in [6, 6.07) is 13.9. The Hall–Kier alpha value is -2.13. The van der Waals surface area contributed by atoms with Crippen LogP contribution in [0.1, 0.15) is 49.3 Å². The Balaban J connectivity index is 2.07. The molecule has 1 fully saturated rings. The second-order valence-corrected chi connectivity index (χ2v) is 11.4. The van der Waals surface area contributed by atoms with Gasteiger partial charge in [0.05, 0.1) is 18.7 Å². The molecule has 2 aromatic carbocycles. The van der Waals surface area contributed by atoms with Crippen molar-refractivity contribution >= 4 is 45.1 Å². The number of carbonyl (C=O) groups excluding carboxylic acids is 1. The maximum atomic E-state index is 13.6. The van der Waals surface area contributed by atoms with E-state index < -0.39 is 28.0 Å². The van der Waals surface area contributed by atoms with Crippen LogP contribution in [0, 0.1) is 5.92 Å². The number of likely N-dealkylation sites (tertiary alicyclic amines) is 1. The van der Waals surface area contributed by atoms with Crippen molar-refractivity contribution in [3.05, 3.63) is 69.7 Å². The molecule has 0 aliphatic carbocycles. The first-order chi connectivity index (χ1) is 16.0. The summed E-state index contributed by atoms with van der Waals surface area (Å²) in [6.45, 7) is 2.01. The smallest absolute Gasteiger partial charge is 0.304 e. The van der Waals surface area contributed by atoms with Gasteiger partial charge in [-0.25, -0.2) is 13.1 Å². The van der Waals surface area contributed by atoms with Gasteiger partial charge in [0, 0.05) is 34.5 Å². The Labute approximate surface area is 210 Å². The van der Waals surface area contributed by atoms with Crippen molar-refractivity contribution < 1.29 is 23.1 Å². The van der Waals surface area contributed by atoms with Crippen LogP contribution >= 0.6 is 23.2 Å². The zero-order valence-electron chi connectivity index (χ0n) is 18.9. The standard InChI is InChI=1S/C24H28Cl2N2O5S/c1-15(10-11-27-34(2,32)33)28-23(16-6-8-19(25)9-7-16)21(17-4-3-5-20(26)12-17)13-18(24(28)31)14-22(29)30/h3-9,12,15,18,21,23,27H,10-11,13-14H2,1-2H3,(H,29,30). The number of benzene rings is 2. The molecule has 0 saturated carbocycles. The van der Waals surface area contributed by atoms with Gasteiger partial charge in [0.2, 0.25) is 15.9 Å². The van der Waals surface area contributed by atoms with Crippen molar-refractivity contribution in [1.82, 2.24) is 9.62 Å². The summed E-state index contributed by atoms with van der Waals surface area (Å²) in [5.41, 5.74) is 1.77. The highest BCUT2D eigenvalue weighted by atomic mass is 35.5. The second-order valence-electron chi connectivity index (χ2n) is 8.74. The van der Waals surface area contributed by atoms with E-state index >= 15 is 0 Å². The number of piperidine rings is 1. The predicted octanol–water partition coefficient (Wildman–Crippen LogP) is 4.47. The number of carboxylic acid groups (broad SMARTS) is 1. The number of amides is 1. The zero-order chi connectivity index (χ0) is 25.0. The van der Waals surface area contributed by atoms with Gasteiger partial charge in [-0.3, -0.25) is 9.59 Å². The van der Waals surface area contributed by atoms with Crippen LogP contribution in [0.3, 0.4) is 0 Å². The highest BCUT2D eigenvalue weighted by Gasteiger charge is 2.45. The predicted molar refractivity (Wildman–Crippen MR) is 133 cm³/mol. The molecule has 10 heteroatoms. The molecule has 3 rings (SSSR count). The third-order valence-corrected chi connectivity index (χ3v) is 7.35. The zero-order valence-corrected chi connectivity index (χ0v) is 21.3. The highest BCUT2D eigenvalue weighted by molar-refractivity contribution is 7.88. The van der Waals surface area contributed by atoms with Crippen LogP contribution < -0.4 is 4.72 Å². The number of nitrogens with one attached hydrogen (secondary N) is 1. The maximum Gasteiger partial charge on any atom is 0.304 e. The Morgan fingerprint density at radius 2 is 1.82 bits per heavy atom. The minimum atomic E-state index is -3.38. The molecule has 4 atom stereocenters. The van der Waals surface area contributed by atoms with Gasteiger partial charge in [-0.1, -0.05) is 47.5 Å². The maximum absolute atomic E-state index is 13.6. The minimum Gasteiger partial charge on any atom is -0.481 e. The molecule has 1 amide bonds. The SMILES string of the molecule is CC(CCNS(C)(=O)=O)N1C(=O)C(CC(=O)O)CC(c2cccc(Cl)c2)C1c1ccc(Cl)cc1. The normalized spacial score (nSPS) is 21.9. The van der Waals surface area contributed by atoms with Crippen LogP contribution in [0.15, 0.2) is 48.5 Å². The number of rotatable bonds is 9. The Bertz CT molecular complexity index is 1140. The third kappa shape index (κ3) is 6.72. The van der Waals surface area contributed by atoms with E-state index in [0.717, 1.165) is 17.4 Å². The van der Waals surface area contributed by atoms with Crippen LogP contribution in [-0.2, 0) is 19.6 Å². The van der Waals surface area contributed by atoms with Crippen molar-refractivity contribution in [2.24, 2.45) is 5.92 Å². The molecule has 0 spiro atoms. The Morgan fingerprint density at radius 3 is 2.41 bits per heavy atom. The van der Waals surface area contributed by atoms with Gasteiger partial charge in [0.15, 0.2) is 0 Å². The van der Waals surface area contributed by atoms with E-state index in [0.29, 0.717) is 22.9 Å². The first kappa shape index (κ1) is 26.5. The average Bonchev–Trinajstić information content (AvgIpc) is 2.74. The number of hydrogen-bond donors (Lipinski definition) is 2. The van der Waals surface area contributed by atoms with Crippen molar-refractivity contribution in [3.8, 4) is 0 Å². The lowest BCUT2D eigenvalue weighted by Gasteiger charge is -2.47. The van der Waals surface area contributed by atoms with Crippen molar-refractivity contribution in [1.29, 1.82) is 0 Å². The van der Waals surface area contributed by atoms with E-state index in [2.05, 4.69) is 4.72 Å². The Morgan fingerprint density at radius 1 is 1.15 bits per heavy atom. The molecule has 2 N–H and O–H groups in total. The van der Waals surface area contributed by atoms with Crippen LogP contribution in [0.4, 0.5) is 0 Å². The summed E-state index contributed by atoms with van der Waals surface area (Å²) in [5.74, 6) is -2.23. The molecule has 0 bridgehead atoms. The summed E-state index contributed by atoms with van der Waals surface area (Å²) < 4.78 is 25.5. The van der Waals surface area contributed by atoms with Gasteiger partial charge in [-0.15, -0.1) is 0 Å². The molecular weight excluding hydrogens is 499 g/mol. The van der Waals surface area contributed by atoms with Gasteiger partial charge < -0.3 is 10.0 Å². The quantitative estimate of drug-likeness (QED) is 0.501. The molecule has 1 aliphatic rings. The topological polar surface area (TPSA) is 104 Å². The van der Waals surface area contributed by atoms with E-state index in [1.807, 2.05) is 37.3 Å². The lowest BCUT2D eigenvalue weighted by atomic mass is 9.74. The number of hydrogen-bond acceptors (Lipinski definition) is 4. The first-order valence-electron chi connectivity index (χ1n) is 11.0. The second kappa shape index (κ2) is 11.1. The minimum absolute atomic E-state index is 0.155. The van der Waals surface area contributed by atoms with Gasteiger partial charge in [0.1, 0.15) is 0 Å². The number of carboxylic acids is 1. The average molecular weight is 527 g/mol. The van der Waals surface area contributed by atoms with Gasteiger partial charge in [-0.2, -0.15) is 0 Å². The van der Waals surface area contributed by atoms with Gasteiger partial charge in [-0.05, 0) is 55.2 Å². The fourth-order valence-corrected chi connectivity index (χ4v) is 5.46. The summed E-state index contributed by atoms with van der Waals surface area (Å²) in [6.07, 6.45) is 1.51. The van der Waals surface area contributed by atoms with Crippen molar-refractivity contribution in [2.45, 2.75) is 44.2 Å². The number of aliphatic carboxylic acids is 1. The van der Waals surface area contributed by atoms with E-state index in [-0.39, 0.29) is 30.8 Å². The molecule has 1 saturated heterocycles. The lowest BCUT2D eigenvalue weighted by molar-refractivity contribution is -0.152. The first-order valence-corrected chi connectivity index (χ1v) is 13.6. The van der Waals surface area contributed by atoms with Gasteiger partial charge >= 0.3 is 5.97 Å². The van der Waals surface area contributed by atoms with Gasteiger partial charge in [0.25, 0.3) is 0 Å². The van der Waals surface area contributed by atoms with Crippen LogP contribution in [0.25, 0.3) is 0 Å². The number of sulfonamides is 1. The molecule has 4 unspecified atom stereocenters. The third-order valence-electron chi connectivity index (χ3n) is 6.13. The molecule has 7 nitrogen and oxygen atoms in total. The van der Waals surface area contributed by atoms with Crippen LogP contribution in [0.5, 0.6) is 0 Å². The highest BCUT2D eigenvalue weighted by Crippen LogP contribution is 2.47. The van der Waals surface area contributed by atoms with E-state index in [1.165, 1.54) is 0 Å². The van der Waals surface area contributed by atoms with Crippen molar-refractivity contribution in [3.63, 3.8) is 0 Å². The monoisotopic (exact) mass is 526 g/mol. The fourth-order valence-electron chi connectivity index (χ4n) is 4.65. The fraction of sp³-hybridized carbons (Fsp3) is 0.417. The van der Waals surface area contributed by atoms with E-state index in [4.69, 9.17) is 23.2 Å². The summed E-state index contributed by atoms with van der Waals surface area (Å²) >= 11 is 12.4. The molecule has 0 radical (unpaired) electrons. The summed E-state index contributed by atoms with van der Waals surface area (Å²) in [4.78, 5) is 26.9. The van der Waals surface area contributed by atoms with Crippen LogP contribution in [0.2, 0.25) is 10.0 Å². The van der Waals surface area contributed by atoms with Crippen molar-refractivity contribution in [2.75, 3.05) is 12.8 Å². The molecular formula is C24H28Cl2N2O5S. The largest absolute Gasteiger partial charge is 0.481 e. The molecule has 2 aromatic rings. The summed E-state index contributed by atoms with van der Waals surface area (Å²) in [5, 5.41) is 10.6. The summed E-state index contributed by atoms with van der Waals surface area (Å²) in [7, 11) is -3.38. The Kier molecular flexibility index (Phi) is 8.62. The number of carbonyl (C=O) groups is 2. The number of halogens is 2. The molecule has 184 valence electrons. The molecule has 1 aliphatic heterocycles. The molecule has 0 aromatic heterocycles. The molecule has 1 heterocycles. The van der Waals surface area contributed by atoms with E-state index in [9.17, 15) is 23.1 Å². The number of nitrogens with zero attached hydrogens (tertiary/aromatic N) is 1. The van der Waals surface area contributed by atoms with Crippen LogP contribution in [-0.4, -0.2) is 49.1 Å². The van der Waals surface area contributed by atoms with E-state index in [1.54, 1.807) is 23.1 Å². The molecule has 34 heavy (non-hydrogen) atoms.